The molecule has 0 fully saturated rings. The first kappa shape index (κ1) is 15.4. The fraction of sp³-hybridized carbons (Fsp3) is 0.400. The molecule has 0 unspecified atom stereocenters. The van der Waals surface area contributed by atoms with Gasteiger partial charge in [-0.2, -0.15) is 0 Å². The highest BCUT2D eigenvalue weighted by molar-refractivity contribution is 5.91. The maximum absolute atomic E-state index is 10.9. The molecule has 0 aliphatic rings. The molecule has 0 spiro atoms. The van der Waals surface area contributed by atoms with E-state index >= 15 is 0 Å². The molecular formula is C15H20O4. The van der Waals surface area contributed by atoms with E-state index in [1.54, 1.807) is 13.2 Å². The molecule has 0 aliphatic carbocycles. The van der Waals surface area contributed by atoms with Gasteiger partial charge in [-0.1, -0.05) is 18.2 Å². The van der Waals surface area contributed by atoms with Gasteiger partial charge in [0.2, 0.25) is 0 Å². The number of benzene rings is 1. The van der Waals surface area contributed by atoms with Gasteiger partial charge in [0.25, 0.3) is 0 Å². The molecule has 1 aromatic rings. The summed E-state index contributed by atoms with van der Waals surface area (Å²) < 4.78 is 15.7. The summed E-state index contributed by atoms with van der Waals surface area (Å²) in [5.74, 6) is 0.791. The highest BCUT2D eigenvalue weighted by Crippen LogP contribution is 2.14. The average Bonchev–Trinajstić information content (AvgIpc) is 2.41. The zero-order valence-electron chi connectivity index (χ0n) is 11.4. The first-order valence-corrected chi connectivity index (χ1v) is 6.20. The Kier molecular flexibility index (Phi) is 7.54. The minimum Gasteiger partial charge on any atom is -0.491 e. The highest BCUT2D eigenvalue weighted by Gasteiger charge is 1.95. The Morgan fingerprint density at radius 2 is 2.00 bits per heavy atom. The van der Waals surface area contributed by atoms with Crippen molar-refractivity contribution in [2.24, 2.45) is 0 Å². The summed E-state index contributed by atoms with van der Waals surface area (Å²) in [6.45, 7) is 3.70. The lowest BCUT2D eigenvalue weighted by Gasteiger charge is -2.07. The number of hydrogen-bond acceptors (Lipinski definition) is 4. The van der Waals surface area contributed by atoms with Gasteiger partial charge in [0.1, 0.15) is 12.4 Å². The van der Waals surface area contributed by atoms with Gasteiger partial charge in [0.05, 0.1) is 19.8 Å². The van der Waals surface area contributed by atoms with Crippen molar-refractivity contribution in [1.82, 2.24) is 0 Å². The first-order valence-electron chi connectivity index (χ1n) is 6.20. The van der Waals surface area contributed by atoms with Crippen LogP contribution in [0.15, 0.2) is 30.3 Å². The van der Waals surface area contributed by atoms with Crippen LogP contribution in [0.5, 0.6) is 5.75 Å². The summed E-state index contributed by atoms with van der Waals surface area (Å²) in [7, 11) is 1.64. The largest absolute Gasteiger partial charge is 0.491 e. The van der Waals surface area contributed by atoms with Crippen LogP contribution in [0.25, 0.3) is 6.08 Å². The standard InChI is InChI=1S/C15H20O4/c1-13(16)6-7-14-4-3-5-15(12-14)19-11-10-18-9-8-17-2/h3-7,12H,8-11H2,1-2H3/b7-6+. The fourth-order valence-electron chi connectivity index (χ4n) is 1.38. The van der Waals surface area contributed by atoms with Crippen LogP contribution >= 0.6 is 0 Å². The zero-order chi connectivity index (χ0) is 13.9. The van der Waals surface area contributed by atoms with Gasteiger partial charge in [0.15, 0.2) is 5.78 Å². The zero-order valence-corrected chi connectivity index (χ0v) is 11.4. The number of ketones is 1. The Labute approximate surface area is 114 Å². The number of methoxy groups -OCH3 is 1. The molecule has 4 heteroatoms. The van der Waals surface area contributed by atoms with E-state index in [-0.39, 0.29) is 5.78 Å². The molecule has 0 saturated carbocycles. The van der Waals surface area contributed by atoms with Crippen LogP contribution in [-0.2, 0) is 14.3 Å². The van der Waals surface area contributed by atoms with E-state index < -0.39 is 0 Å². The van der Waals surface area contributed by atoms with Crippen LogP contribution in [-0.4, -0.2) is 39.3 Å². The molecular weight excluding hydrogens is 244 g/mol. The van der Waals surface area contributed by atoms with Crippen LogP contribution in [0.2, 0.25) is 0 Å². The number of hydrogen-bond donors (Lipinski definition) is 0. The molecule has 19 heavy (non-hydrogen) atoms. The predicted molar refractivity (Wildman–Crippen MR) is 74.3 cm³/mol. The summed E-state index contributed by atoms with van der Waals surface area (Å²) in [6.07, 6.45) is 3.30. The van der Waals surface area contributed by atoms with Crippen molar-refractivity contribution < 1.29 is 19.0 Å². The van der Waals surface area contributed by atoms with Crippen molar-refractivity contribution in [2.45, 2.75) is 6.92 Å². The van der Waals surface area contributed by atoms with Gasteiger partial charge in [-0.25, -0.2) is 0 Å². The molecule has 104 valence electrons. The second-order valence-corrected chi connectivity index (χ2v) is 3.97. The number of carbonyl (C=O) groups excluding carboxylic acids is 1. The van der Waals surface area contributed by atoms with Gasteiger partial charge < -0.3 is 14.2 Å². The average molecular weight is 264 g/mol. The molecule has 1 aromatic carbocycles. The molecule has 0 saturated heterocycles. The second-order valence-electron chi connectivity index (χ2n) is 3.97. The minimum atomic E-state index is 0.0258. The monoisotopic (exact) mass is 264 g/mol. The summed E-state index contributed by atoms with van der Waals surface area (Å²) in [6, 6.07) is 7.57. The number of allylic oxidation sites excluding steroid dienone is 1. The Morgan fingerprint density at radius 1 is 1.21 bits per heavy atom. The molecule has 0 atom stereocenters. The van der Waals surface area contributed by atoms with Gasteiger partial charge in [0, 0.05) is 7.11 Å². The van der Waals surface area contributed by atoms with E-state index in [2.05, 4.69) is 0 Å². The summed E-state index contributed by atoms with van der Waals surface area (Å²) in [5, 5.41) is 0. The van der Waals surface area contributed by atoms with E-state index in [0.717, 1.165) is 11.3 Å². The van der Waals surface area contributed by atoms with Gasteiger partial charge >= 0.3 is 0 Å². The van der Waals surface area contributed by atoms with Crippen LogP contribution < -0.4 is 4.74 Å². The Morgan fingerprint density at radius 3 is 2.74 bits per heavy atom. The highest BCUT2D eigenvalue weighted by atomic mass is 16.5. The lowest BCUT2D eigenvalue weighted by atomic mass is 10.2. The first-order chi connectivity index (χ1) is 9.22. The third-order valence-electron chi connectivity index (χ3n) is 2.30. The topological polar surface area (TPSA) is 44.8 Å². The van der Waals surface area contributed by atoms with Crippen LogP contribution in [0, 0.1) is 0 Å². The molecule has 0 aliphatic heterocycles. The predicted octanol–water partition coefficient (Wildman–Crippen LogP) is 2.33. The van der Waals surface area contributed by atoms with Gasteiger partial charge in [-0.15, -0.1) is 0 Å². The van der Waals surface area contributed by atoms with Crippen molar-refractivity contribution >= 4 is 11.9 Å². The molecule has 0 heterocycles. The minimum absolute atomic E-state index is 0.0258. The van der Waals surface area contributed by atoms with Crippen molar-refractivity contribution in [3.05, 3.63) is 35.9 Å². The molecule has 4 nitrogen and oxygen atoms in total. The van der Waals surface area contributed by atoms with E-state index in [9.17, 15) is 4.79 Å². The van der Waals surface area contributed by atoms with Crippen molar-refractivity contribution in [2.75, 3.05) is 33.5 Å². The second kappa shape index (κ2) is 9.30. The van der Waals surface area contributed by atoms with Gasteiger partial charge in [-0.3, -0.25) is 4.79 Å². The Balaban J connectivity index is 2.34. The lowest BCUT2D eigenvalue weighted by Crippen LogP contribution is -2.09. The Bertz CT molecular complexity index is 412. The SMILES string of the molecule is COCCOCCOc1cccc(/C=C/C(C)=O)c1. The third kappa shape index (κ3) is 7.39. The fourth-order valence-corrected chi connectivity index (χ4v) is 1.38. The van der Waals surface area contributed by atoms with E-state index in [1.165, 1.54) is 13.0 Å². The van der Waals surface area contributed by atoms with Crippen LogP contribution in [0.3, 0.4) is 0 Å². The molecule has 1 rings (SSSR count). The van der Waals surface area contributed by atoms with Crippen molar-refractivity contribution in [3.63, 3.8) is 0 Å². The smallest absolute Gasteiger partial charge is 0.152 e. The van der Waals surface area contributed by atoms with Crippen LogP contribution in [0.4, 0.5) is 0 Å². The van der Waals surface area contributed by atoms with Crippen molar-refractivity contribution in [1.29, 1.82) is 0 Å². The quantitative estimate of drug-likeness (QED) is 0.507. The third-order valence-corrected chi connectivity index (χ3v) is 2.30. The molecule has 0 bridgehead atoms. The summed E-state index contributed by atoms with van der Waals surface area (Å²) in [4.78, 5) is 10.9. The lowest BCUT2D eigenvalue weighted by molar-refractivity contribution is -0.112. The van der Waals surface area contributed by atoms with E-state index in [0.29, 0.717) is 26.4 Å². The number of carbonyl (C=O) groups is 1. The normalized spacial score (nSPS) is 10.8. The van der Waals surface area contributed by atoms with E-state index in [1.807, 2.05) is 24.3 Å². The molecule has 0 N–H and O–H groups in total. The Hall–Kier alpha value is -1.65. The number of ether oxygens (including phenoxy) is 3. The maximum Gasteiger partial charge on any atom is 0.152 e. The van der Waals surface area contributed by atoms with Crippen molar-refractivity contribution in [3.8, 4) is 5.75 Å². The summed E-state index contributed by atoms with van der Waals surface area (Å²) in [5.41, 5.74) is 0.938. The molecule has 0 aromatic heterocycles. The summed E-state index contributed by atoms with van der Waals surface area (Å²) >= 11 is 0. The molecule has 0 amide bonds. The van der Waals surface area contributed by atoms with Crippen LogP contribution in [0.1, 0.15) is 12.5 Å². The number of rotatable bonds is 9. The van der Waals surface area contributed by atoms with E-state index in [4.69, 9.17) is 14.2 Å². The molecule has 0 radical (unpaired) electrons. The van der Waals surface area contributed by atoms with Gasteiger partial charge in [-0.05, 0) is 30.7 Å². The maximum atomic E-state index is 10.9.